The van der Waals surface area contributed by atoms with Gasteiger partial charge in [-0.05, 0) is 54.3 Å². The Hall–Kier alpha value is -3.55. The molecular formula is C24H27N3O5. The number of fused-ring (bicyclic) bond motifs is 1. The van der Waals surface area contributed by atoms with E-state index in [0.717, 1.165) is 16.8 Å². The van der Waals surface area contributed by atoms with Gasteiger partial charge in [0.1, 0.15) is 0 Å². The van der Waals surface area contributed by atoms with E-state index in [1.165, 1.54) is 0 Å². The molecular weight excluding hydrogens is 410 g/mol. The van der Waals surface area contributed by atoms with Gasteiger partial charge in [0.25, 0.3) is 0 Å². The zero-order chi connectivity index (χ0) is 22.7. The highest BCUT2D eigenvalue weighted by Crippen LogP contribution is 2.29. The van der Waals surface area contributed by atoms with Crippen molar-refractivity contribution in [1.82, 2.24) is 4.90 Å². The van der Waals surface area contributed by atoms with E-state index in [1.54, 1.807) is 31.3 Å². The second-order valence-corrected chi connectivity index (χ2v) is 8.09. The van der Waals surface area contributed by atoms with Gasteiger partial charge < -0.3 is 25.0 Å². The summed E-state index contributed by atoms with van der Waals surface area (Å²) in [6, 6.07) is 11.2. The zero-order valence-corrected chi connectivity index (χ0v) is 18.3. The second-order valence-electron chi connectivity index (χ2n) is 8.09. The lowest BCUT2D eigenvalue weighted by atomic mass is 10.0. The van der Waals surface area contributed by atoms with Crippen LogP contribution in [0.15, 0.2) is 36.4 Å². The highest BCUT2D eigenvalue weighted by atomic mass is 16.5. The van der Waals surface area contributed by atoms with Crippen molar-refractivity contribution in [2.75, 3.05) is 37.9 Å². The van der Waals surface area contributed by atoms with Crippen molar-refractivity contribution in [3.05, 3.63) is 47.5 Å². The minimum absolute atomic E-state index is 0.00642. The molecule has 8 nitrogen and oxygen atoms in total. The molecule has 2 aromatic rings. The first-order valence-electron chi connectivity index (χ1n) is 10.7. The molecule has 1 atom stereocenters. The Kier molecular flexibility index (Phi) is 6.30. The lowest BCUT2D eigenvalue weighted by Crippen LogP contribution is -2.30. The van der Waals surface area contributed by atoms with Crippen LogP contribution in [-0.4, -0.2) is 49.9 Å². The quantitative estimate of drug-likeness (QED) is 0.694. The summed E-state index contributed by atoms with van der Waals surface area (Å²) in [6.45, 7) is 0.940. The Labute approximate surface area is 186 Å². The van der Waals surface area contributed by atoms with E-state index in [-0.39, 0.29) is 30.1 Å². The molecule has 0 radical (unpaired) electrons. The van der Waals surface area contributed by atoms with Crippen molar-refractivity contribution in [2.45, 2.75) is 25.7 Å². The minimum Gasteiger partial charge on any atom is -0.493 e. The fourth-order valence-electron chi connectivity index (χ4n) is 4.17. The Balaban J connectivity index is 1.33. The zero-order valence-electron chi connectivity index (χ0n) is 18.3. The van der Waals surface area contributed by atoms with Crippen LogP contribution in [0.2, 0.25) is 0 Å². The maximum absolute atomic E-state index is 12.8. The molecule has 1 saturated heterocycles. The summed E-state index contributed by atoms with van der Waals surface area (Å²) in [5, 5.41) is 5.76. The summed E-state index contributed by atoms with van der Waals surface area (Å²) in [7, 11) is 3.18. The van der Waals surface area contributed by atoms with Crippen LogP contribution < -0.4 is 20.1 Å². The number of hydrogen-bond donors (Lipinski definition) is 2. The average molecular weight is 437 g/mol. The van der Waals surface area contributed by atoms with Crippen LogP contribution in [0.4, 0.5) is 11.4 Å². The van der Waals surface area contributed by atoms with Crippen LogP contribution >= 0.6 is 0 Å². The monoisotopic (exact) mass is 437 g/mol. The normalized spacial score (nSPS) is 17.6. The van der Waals surface area contributed by atoms with Crippen LogP contribution in [0.5, 0.6) is 11.5 Å². The summed E-state index contributed by atoms with van der Waals surface area (Å²) in [6.07, 6.45) is 1.96. The lowest BCUT2D eigenvalue weighted by Gasteiger charge is -2.19. The van der Waals surface area contributed by atoms with Gasteiger partial charge in [0.15, 0.2) is 11.5 Å². The molecule has 2 aliphatic rings. The summed E-state index contributed by atoms with van der Waals surface area (Å²) in [5.41, 5.74) is 3.50. The molecule has 0 aromatic heterocycles. The summed E-state index contributed by atoms with van der Waals surface area (Å²) < 4.78 is 10.6. The number of hydrogen-bond acceptors (Lipinski definition) is 5. The second kappa shape index (κ2) is 9.30. The van der Waals surface area contributed by atoms with Crippen LogP contribution in [0.25, 0.3) is 0 Å². The fourth-order valence-corrected chi connectivity index (χ4v) is 4.17. The van der Waals surface area contributed by atoms with Gasteiger partial charge in [0.2, 0.25) is 17.7 Å². The molecule has 3 amide bonds. The Morgan fingerprint density at radius 3 is 2.69 bits per heavy atom. The molecule has 0 aliphatic carbocycles. The number of ether oxygens (including phenoxy) is 2. The Bertz CT molecular complexity index is 1050. The number of methoxy groups -OCH3 is 2. The third-order valence-corrected chi connectivity index (χ3v) is 5.97. The predicted octanol–water partition coefficient (Wildman–Crippen LogP) is 2.62. The maximum Gasteiger partial charge on any atom is 0.229 e. The number of anilines is 2. The molecule has 32 heavy (non-hydrogen) atoms. The van der Waals surface area contributed by atoms with Gasteiger partial charge in [-0.1, -0.05) is 6.07 Å². The third-order valence-electron chi connectivity index (χ3n) is 5.97. The SMILES string of the molecule is COc1ccc(CCN2CC(C(=O)Nc3ccc4c(c3)CCC(=O)N4)CC2=O)cc1OC. The molecule has 4 rings (SSSR count). The number of rotatable bonds is 7. The first kappa shape index (κ1) is 21.7. The van der Waals surface area contributed by atoms with Crippen molar-refractivity contribution >= 4 is 29.1 Å². The van der Waals surface area contributed by atoms with Crippen molar-refractivity contribution in [1.29, 1.82) is 0 Å². The molecule has 8 heteroatoms. The number of benzene rings is 2. The predicted molar refractivity (Wildman–Crippen MR) is 120 cm³/mol. The van der Waals surface area contributed by atoms with Gasteiger partial charge in [-0.25, -0.2) is 0 Å². The minimum atomic E-state index is -0.386. The number of likely N-dealkylation sites (tertiary alicyclic amines) is 1. The van der Waals surface area contributed by atoms with E-state index in [9.17, 15) is 14.4 Å². The number of carbonyl (C=O) groups excluding carboxylic acids is 3. The van der Waals surface area contributed by atoms with Crippen LogP contribution in [0.1, 0.15) is 24.0 Å². The molecule has 2 heterocycles. The lowest BCUT2D eigenvalue weighted by molar-refractivity contribution is -0.128. The molecule has 0 bridgehead atoms. The topological polar surface area (TPSA) is 97.0 Å². The number of nitrogens with one attached hydrogen (secondary N) is 2. The molecule has 1 fully saturated rings. The standard InChI is InChI=1S/C24H27N3O5/c1-31-20-7-3-15(11-21(20)32-2)9-10-27-14-17(13-23(27)29)24(30)25-18-5-6-19-16(12-18)4-8-22(28)26-19/h3,5-7,11-12,17H,4,8-10,13-14H2,1-2H3,(H,25,30)(H,26,28). The number of aryl methyl sites for hydroxylation is 1. The highest BCUT2D eigenvalue weighted by molar-refractivity contribution is 5.98. The van der Waals surface area contributed by atoms with Gasteiger partial charge in [-0.2, -0.15) is 0 Å². The van der Waals surface area contributed by atoms with Crippen LogP contribution in [0.3, 0.4) is 0 Å². The van der Waals surface area contributed by atoms with Gasteiger partial charge in [-0.3, -0.25) is 14.4 Å². The van der Waals surface area contributed by atoms with Crippen molar-refractivity contribution in [3.63, 3.8) is 0 Å². The van der Waals surface area contributed by atoms with Crippen molar-refractivity contribution < 1.29 is 23.9 Å². The van der Waals surface area contributed by atoms with Crippen LogP contribution in [0, 0.1) is 5.92 Å². The first-order valence-corrected chi connectivity index (χ1v) is 10.7. The van der Waals surface area contributed by atoms with Gasteiger partial charge in [0, 0.05) is 37.3 Å². The largest absolute Gasteiger partial charge is 0.493 e. The van der Waals surface area contributed by atoms with Crippen LogP contribution in [-0.2, 0) is 27.2 Å². The number of amides is 3. The smallest absolute Gasteiger partial charge is 0.229 e. The molecule has 2 N–H and O–H groups in total. The average Bonchev–Trinajstić information content (AvgIpc) is 3.18. The van der Waals surface area contributed by atoms with E-state index < -0.39 is 0 Å². The van der Waals surface area contributed by atoms with E-state index in [2.05, 4.69) is 10.6 Å². The highest BCUT2D eigenvalue weighted by Gasteiger charge is 2.34. The maximum atomic E-state index is 12.8. The Morgan fingerprint density at radius 1 is 1.09 bits per heavy atom. The molecule has 2 aliphatic heterocycles. The number of carbonyl (C=O) groups is 3. The van der Waals surface area contributed by atoms with Crippen molar-refractivity contribution in [3.8, 4) is 11.5 Å². The molecule has 0 saturated carbocycles. The van der Waals surface area contributed by atoms with Crippen molar-refractivity contribution in [2.24, 2.45) is 5.92 Å². The number of nitrogens with zero attached hydrogens (tertiary/aromatic N) is 1. The molecule has 1 unspecified atom stereocenters. The first-order chi connectivity index (χ1) is 15.5. The molecule has 168 valence electrons. The summed E-state index contributed by atoms with van der Waals surface area (Å²) >= 11 is 0. The fraction of sp³-hybridized carbons (Fsp3) is 0.375. The summed E-state index contributed by atoms with van der Waals surface area (Å²) in [4.78, 5) is 38.5. The van der Waals surface area contributed by atoms with E-state index in [4.69, 9.17) is 9.47 Å². The van der Waals surface area contributed by atoms with Gasteiger partial charge in [-0.15, -0.1) is 0 Å². The summed E-state index contributed by atoms with van der Waals surface area (Å²) in [5.74, 6) is 0.760. The van der Waals surface area contributed by atoms with Gasteiger partial charge >= 0.3 is 0 Å². The third kappa shape index (κ3) is 4.69. The molecule has 0 spiro atoms. The van der Waals surface area contributed by atoms with Gasteiger partial charge in [0.05, 0.1) is 20.1 Å². The Morgan fingerprint density at radius 2 is 1.91 bits per heavy atom. The van der Waals surface area contributed by atoms with E-state index in [1.807, 2.05) is 24.3 Å². The molecule has 2 aromatic carbocycles. The van der Waals surface area contributed by atoms with E-state index >= 15 is 0 Å². The van der Waals surface area contributed by atoms with E-state index in [0.29, 0.717) is 49.5 Å².